The first kappa shape index (κ1) is 22.2. The molecule has 7 nitrogen and oxygen atoms in total. The summed E-state index contributed by atoms with van der Waals surface area (Å²) in [5.74, 6) is 0. The number of nitrogens with zero attached hydrogens (tertiary/aromatic N) is 7. The van der Waals surface area contributed by atoms with Gasteiger partial charge in [-0.2, -0.15) is 9.59 Å². The van der Waals surface area contributed by atoms with Crippen LogP contribution in [0.15, 0.2) is 121 Å². The first-order valence-electron chi connectivity index (χ1n) is 12.1. The molecule has 0 atom stereocenters. The summed E-state index contributed by atoms with van der Waals surface area (Å²) in [6.45, 7) is 0. The summed E-state index contributed by atoms with van der Waals surface area (Å²) in [4.78, 5) is 5.50. The van der Waals surface area contributed by atoms with E-state index in [2.05, 4.69) is 49.6 Å². The lowest BCUT2D eigenvalue weighted by Crippen LogP contribution is -2.10. The van der Waals surface area contributed by atoms with Gasteiger partial charge in [0.1, 0.15) is 22.1 Å². The molecule has 0 bridgehead atoms. The van der Waals surface area contributed by atoms with Crippen molar-refractivity contribution in [3.63, 3.8) is 0 Å². The molecule has 7 rings (SSSR count). The molecule has 0 unspecified atom stereocenters. The van der Waals surface area contributed by atoms with Crippen LogP contribution in [-0.4, -0.2) is 30.0 Å². The number of hydrogen-bond acceptors (Lipinski definition) is 5. The van der Waals surface area contributed by atoms with Gasteiger partial charge in [0.15, 0.2) is 0 Å². The van der Waals surface area contributed by atoms with Crippen molar-refractivity contribution >= 4 is 50.7 Å². The van der Waals surface area contributed by atoms with Gasteiger partial charge in [0.05, 0.1) is 11.4 Å². The summed E-state index contributed by atoms with van der Waals surface area (Å²) < 4.78 is 0. The van der Waals surface area contributed by atoms with Gasteiger partial charge < -0.3 is 4.90 Å². The van der Waals surface area contributed by atoms with Gasteiger partial charge in [-0.25, -0.2) is 0 Å². The maximum Gasteiger partial charge on any atom is 0.113 e. The normalized spacial score (nSPS) is 11.3. The maximum absolute atomic E-state index is 6.20. The number of hydrogen-bond donors (Lipinski definition) is 0. The molecule has 0 N–H and O–H groups in total. The van der Waals surface area contributed by atoms with Gasteiger partial charge in [-0.3, -0.25) is 0 Å². The Morgan fingerprint density at radius 2 is 0.737 bits per heavy atom. The number of rotatable bonds is 5. The summed E-state index contributed by atoms with van der Waals surface area (Å²) in [6.07, 6.45) is 0. The van der Waals surface area contributed by atoms with Crippen LogP contribution >= 0.6 is 11.6 Å². The predicted molar refractivity (Wildman–Crippen MR) is 151 cm³/mol. The minimum absolute atomic E-state index is 0.688. The lowest BCUT2D eigenvalue weighted by atomic mass is 10.1. The van der Waals surface area contributed by atoms with Crippen LogP contribution in [-0.2, 0) is 0 Å². The third-order valence-electron chi connectivity index (χ3n) is 6.34. The van der Waals surface area contributed by atoms with Crippen LogP contribution in [0.4, 0.5) is 17.1 Å². The zero-order valence-corrected chi connectivity index (χ0v) is 20.8. The van der Waals surface area contributed by atoms with E-state index in [1.165, 1.54) is 0 Å². The highest BCUT2D eigenvalue weighted by molar-refractivity contribution is 6.30. The Morgan fingerprint density at radius 1 is 0.421 bits per heavy atom. The van der Waals surface area contributed by atoms with Gasteiger partial charge in [-0.15, -0.1) is 20.4 Å². The van der Waals surface area contributed by atoms with Crippen molar-refractivity contribution in [1.29, 1.82) is 0 Å². The predicted octanol–water partition coefficient (Wildman–Crippen LogP) is 7.28. The third-order valence-corrected chi connectivity index (χ3v) is 6.59. The molecule has 8 heteroatoms. The molecule has 0 aliphatic carbocycles. The van der Waals surface area contributed by atoms with Crippen LogP contribution < -0.4 is 4.90 Å². The smallest absolute Gasteiger partial charge is 0.113 e. The molecule has 0 saturated heterocycles. The van der Waals surface area contributed by atoms with Crippen LogP contribution in [0.5, 0.6) is 0 Å². The minimum atomic E-state index is 0.688. The second kappa shape index (κ2) is 9.14. The van der Waals surface area contributed by atoms with E-state index in [0.29, 0.717) is 5.02 Å². The van der Waals surface area contributed by atoms with Gasteiger partial charge >= 0.3 is 0 Å². The third kappa shape index (κ3) is 4.05. The van der Waals surface area contributed by atoms with Crippen LogP contribution in [0.1, 0.15) is 0 Å². The van der Waals surface area contributed by atoms with E-state index in [0.717, 1.165) is 50.5 Å². The molecule has 2 aromatic heterocycles. The first-order valence-corrected chi connectivity index (χ1v) is 12.5. The lowest BCUT2D eigenvalue weighted by molar-refractivity contribution is 0.765. The number of halogens is 1. The zero-order chi connectivity index (χ0) is 25.5. The maximum atomic E-state index is 6.20. The van der Waals surface area contributed by atoms with Crippen molar-refractivity contribution in [2.24, 2.45) is 0 Å². The van der Waals surface area contributed by atoms with Crippen molar-refractivity contribution in [3.8, 4) is 11.4 Å². The molecule has 0 spiro atoms. The fourth-order valence-corrected chi connectivity index (χ4v) is 4.58. The molecule has 182 valence electrons. The van der Waals surface area contributed by atoms with E-state index >= 15 is 0 Å². The molecule has 38 heavy (non-hydrogen) atoms. The Morgan fingerprint density at radius 3 is 1.08 bits per heavy atom. The van der Waals surface area contributed by atoms with Gasteiger partial charge in [0.25, 0.3) is 0 Å². The number of anilines is 3. The zero-order valence-electron chi connectivity index (χ0n) is 20.1. The van der Waals surface area contributed by atoms with Crippen LogP contribution in [0.2, 0.25) is 5.02 Å². The second-order valence-corrected chi connectivity index (χ2v) is 9.24. The Balaban J connectivity index is 1.25. The molecule has 0 saturated carbocycles. The number of fused-ring (bicyclic) bond motifs is 2. The quantitative estimate of drug-likeness (QED) is 0.242. The van der Waals surface area contributed by atoms with E-state index < -0.39 is 0 Å². The average molecular weight is 514 g/mol. The van der Waals surface area contributed by atoms with E-state index in [4.69, 9.17) is 11.6 Å². The average Bonchev–Trinajstić information content (AvgIpc) is 3.60. The van der Waals surface area contributed by atoms with Crippen molar-refractivity contribution < 1.29 is 0 Å². The largest absolute Gasteiger partial charge is 0.310 e. The fraction of sp³-hybridized carbons (Fsp3) is 0. The Kier molecular flexibility index (Phi) is 5.34. The molecule has 0 fully saturated rings. The molecule has 5 aromatic carbocycles. The van der Waals surface area contributed by atoms with E-state index in [-0.39, 0.29) is 0 Å². The lowest BCUT2D eigenvalue weighted by Gasteiger charge is -2.25. The summed E-state index contributed by atoms with van der Waals surface area (Å²) in [7, 11) is 0. The van der Waals surface area contributed by atoms with Gasteiger partial charge in [-0.1, -0.05) is 35.9 Å². The Bertz CT molecular complexity index is 1690. The highest BCUT2D eigenvalue weighted by atomic mass is 35.5. The second-order valence-electron chi connectivity index (χ2n) is 8.80. The standard InChI is InChI=1S/C30H20ClN7/c31-21-9-11-22(12-10-21)36(23-13-17-25(18-14-23)37-32-27-5-1-2-6-28(27)33-37)24-15-19-26(20-16-24)38-34-29-7-3-4-8-30(29)35-38/h1-20H. The SMILES string of the molecule is Clc1ccc(N(c2ccc(-n3nc4ccccc4n3)cc2)c2ccc(-n3nc4ccccc4n3)cc2)cc1. The van der Waals surface area contributed by atoms with Crippen LogP contribution in [0, 0.1) is 0 Å². The van der Waals surface area contributed by atoms with E-state index in [1.54, 1.807) is 9.59 Å². The summed E-state index contributed by atoms with van der Waals surface area (Å²) >= 11 is 6.20. The molecule has 0 radical (unpaired) electrons. The number of benzene rings is 5. The van der Waals surface area contributed by atoms with Crippen LogP contribution in [0.3, 0.4) is 0 Å². The van der Waals surface area contributed by atoms with Crippen LogP contribution in [0.25, 0.3) is 33.4 Å². The highest BCUT2D eigenvalue weighted by Crippen LogP contribution is 2.35. The molecule has 0 aliphatic heterocycles. The van der Waals surface area contributed by atoms with Crippen molar-refractivity contribution in [2.45, 2.75) is 0 Å². The van der Waals surface area contributed by atoms with Gasteiger partial charge in [0.2, 0.25) is 0 Å². The van der Waals surface area contributed by atoms with E-state index in [1.807, 2.05) is 97.1 Å². The summed E-state index contributed by atoms with van der Waals surface area (Å²) in [5, 5.41) is 19.1. The van der Waals surface area contributed by atoms with Crippen molar-refractivity contribution in [1.82, 2.24) is 30.0 Å². The molecule has 7 aromatic rings. The van der Waals surface area contributed by atoms with Crippen molar-refractivity contribution in [2.75, 3.05) is 4.90 Å². The molecular weight excluding hydrogens is 494 g/mol. The summed E-state index contributed by atoms with van der Waals surface area (Å²) in [6, 6.07) is 39.8. The van der Waals surface area contributed by atoms with Gasteiger partial charge in [0, 0.05) is 22.1 Å². The monoisotopic (exact) mass is 513 g/mol. The van der Waals surface area contributed by atoms with Crippen molar-refractivity contribution in [3.05, 3.63) is 126 Å². The molecule has 0 aliphatic rings. The minimum Gasteiger partial charge on any atom is -0.310 e. The Hall–Kier alpha value is -5.01. The molecule has 2 heterocycles. The highest BCUT2D eigenvalue weighted by Gasteiger charge is 2.14. The fourth-order valence-electron chi connectivity index (χ4n) is 4.46. The topological polar surface area (TPSA) is 64.7 Å². The van der Waals surface area contributed by atoms with E-state index in [9.17, 15) is 0 Å². The van der Waals surface area contributed by atoms with Gasteiger partial charge in [-0.05, 0) is 97.1 Å². The molecule has 0 amide bonds. The Labute approximate surface area is 223 Å². The molecular formula is C30H20ClN7. The first-order chi connectivity index (χ1) is 18.7. The summed E-state index contributed by atoms with van der Waals surface area (Å²) in [5.41, 5.74) is 8.17. The number of aromatic nitrogens is 6.